The first-order valence-corrected chi connectivity index (χ1v) is 7.34. The fourth-order valence-electron chi connectivity index (χ4n) is 2.59. The average molecular weight is 295 g/mol. The molecule has 0 saturated heterocycles. The number of aromatic nitrogens is 1. The number of allylic oxidation sites excluding steroid dienone is 3. The van der Waals surface area contributed by atoms with Crippen molar-refractivity contribution in [2.24, 2.45) is 10.2 Å². The van der Waals surface area contributed by atoms with Gasteiger partial charge in [-0.05, 0) is 18.9 Å². The Kier molecular flexibility index (Phi) is 3.87. The lowest BCUT2D eigenvalue weighted by atomic mass is 10.2. The lowest BCUT2D eigenvalue weighted by Crippen LogP contribution is -1.95. The Balaban J connectivity index is 2.00. The normalized spacial score (nSPS) is 14.1. The molecule has 1 N–H and O–H groups in total. The van der Waals surface area contributed by atoms with Crippen LogP contribution in [0.1, 0.15) is 19.8 Å². The van der Waals surface area contributed by atoms with Gasteiger partial charge in [-0.15, -0.1) is 10.2 Å². The predicted molar refractivity (Wildman–Crippen MR) is 85.3 cm³/mol. The van der Waals surface area contributed by atoms with E-state index in [4.69, 9.17) is 0 Å². The Labute approximate surface area is 128 Å². The molecule has 2 aromatic rings. The Hall–Kier alpha value is -2.69. The number of hydrogen-bond donors (Lipinski definition) is 1. The molecule has 0 unspecified atom stereocenters. The van der Waals surface area contributed by atoms with Crippen molar-refractivity contribution in [1.82, 2.24) is 4.57 Å². The smallest absolute Gasteiger partial charge is 0.291 e. The van der Waals surface area contributed by atoms with Gasteiger partial charge in [0.05, 0.1) is 5.52 Å². The summed E-state index contributed by atoms with van der Waals surface area (Å²) in [5.74, 6) is -0.310. The molecule has 1 aliphatic rings. The fraction of sp³-hybridized carbons (Fsp3) is 0.235. The topological polar surface area (TPSA) is 66.9 Å². The first-order valence-electron chi connectivity index (χ1n) is 7.34. The summed E-state index contributed by atoms with van der Waals surface area (Å²) in [6.45, 7) is 2.73. The molecule has 0 radical (unpaired) electrons. The minimum absolute atomic E-state index is 0.0538. The SMILES string of the molecule is CCCn1c(O)c(N=NC(=O)C2=CC=CC2)c2ccccc21. The number of azo groups is 1. The maximum Gasteiger partial charge on any atom is 0.291 e. The van der Waals surface area contributed by atoms with Crippen LogP contribution in [-0.4, -0.2) is 15.6 Å². The quantitative estimate of drug-likeness (QED) is 0.857. The maximum absolute atomic E-state index is 11.9. The van der Waals surface area contributed by atoms with Crippen LogP contribution in [-0.2, 0) is 11.3 Å². The van der Waals surface area contributed by atoms with E-state index in [0.29, 0.717) is 24.2 Å². The monoisotopic (exact) mass is 295 g/mol. The third-order valence-electron chi connectivity index (χ3n) is 3.65. The molecular formula is C17H17N3O2. The Morgan fingerprint density at radius 3 is 2.91 bits per heavy atom. The van der Waals surface area contributed by atoms with Crippen LogP contribution in [0.25, 0.3) is 10.9 Å². The molecule has 112 valence electrons. The lowest BCUT2D eigenvalue weighted by Gasteiger charge is -2.03. The number of amides is 1. The molecule has 1 aliphatic carbocycles. The summed E-state index contributed by atoms with van der Waals surface area (Å²) >= 11 is 0. The van der Waals surface area contributed by atoms with Gasteiger partial charge in [-0.2, -0.15) is 0 Å². The van der Waals surface area contributed by atoms with E-state index >= 15 is 0 Å². The molecule has 1 amide bonds. The van der Waals surface area contributed by atoms with E-state index in [0.717, 1.165) is 17.3 Å². The zero-order valence-electron chi connectivity index (χ0n) is 12.4. The van der Waals surface area contributed by atoms with Crippen LogP contribution in [0.4, 0.5) is 5.69 Å². The molecule has 22 heavy (non-hydrogen) atoms. The van der Waals surface area contributed by atoms with Gasteiger partial charge in [0, 0.05) is 17.5 Å². The number of para-hydroxylation sites is 1. The molecule has 0 spiro atoms. The number of aryl methyl sites for hydroxylation is 1. The number of rotatable bonds is 4. The maximum atomic E-state index is 11.9. The summed E-state index contributed by atoms with van der Waals surface area (Å²) in [4.78, 5) is 11.9. The van der Waals surface area contributed by atoms with E-state index in [1.807, 2.05) is 43.3 Å². The van der Waals surface area contributed by atoms with Gasteiger partial charge in [-0.1, -0.05) is 43.4 Å². The molecule has 0 fully saturated rings. The van der Waals surface area contributed by atoms with Crippen LogP contribution < -0.4 is 0 Å². The van der Waals surface area contributed by atoms with Crippen molar-refractivity contribution in [2.75, 3.05) is 0 Å². The Bertz CT molecular complexity index is 813. The van der Waals surface area contributed by atoms with Gasteiger partial charge in [0.15, 0.2) is 5.69 Å². The number of fused-ring (bicyclic) bond motifs is 1. The minimum Gasteiger partial charge on any atom is -0.493 e. The highest BCUT2D eigenvalue weighted by Gasteiger charge is 2.16. The lowest BCUT2D eigenvalue weighted by molar-refractivity contribution is -0.114. The minimum atomic E-state index is -0.364. The number of aromatic hydroxyl groups is 1. The third-order valence-corrected chi connectivity index (χ3v) is 3.65. The number of benzene rings is 1. The highest BCUT2D eigenvalue weighted by molar-refractivity contribution is 5.97. The highest BCUT2D eigenvalue weighted by Crippen LogP contribution is 2.39. The second kappa shape index (κ2) is 5.97. The number of hydrogen-bond acceptors (Lipinski definition) is 3. The van der Waals surface area contributed by atoms with Gasteiger partial charge < -0.3 is 9.67 Å². The molecule has 1 heterocycles. The van der Waals surface area contributed by atoms with E-state index in [-0.39, 0.29) is 11.8 Å². The molecule has 0 atom stereocenters. The molecular weight excluding hydrogens is 278 g/mol. The van der Waals surface area contributed by atoms with Crippen molar-refractivity contribution in [3.8, 4) is 5.88 Å². The van der Waals surface area contributed by atoms with Crippen LogP contribution in [0, 0.1) is 0 Å². The van der Waals surface area contributed by atoms with E-state index < -0.39 is 0 Å². The predicted octanol–water partition coefficient (Wildman–Crippen LogP) is 4.25. The van der Waals surface area contributed by atoms with Crippen LogP contribution in [0.3, 0.4) is 0 Å². The summed E-state index contributed by atoms with van der Waals surface area (Å²) in [5.41, 5.74) is 1.86. The number of nitrogens with zero attached hydrogens (tertiary/aromatic N) is 3. The largest absolute Gasteiger partial charge is 0.493 e. The van der Waals surface area contributed by atoms with Gasteiger partial charge in [-0.3, -0.25) is 4.79 Å². The summed E-state index contributed by atoms with van der Waals surface area (Å²) in [6.07, 6.45) is 6.93. The van der Waals surface area contributed by atoms with Crippen molar-refractivity contribution in [3.05, 3.63) is 48.1 Å². The zero-order valence-corrected chi connectivity index (χ0v) is 12.4. The first kappa shape index (κ1) is 14.3. The summed E-state index contributed by atoms with van der Waals surface area (Å²) in [7, 11) is 0. The molecule has 1 aromatic heterocycles. The summed E-state index contributed by atoms with van der Waals surface area (Å²) < 4.78 is 1.80. The molecule has 5 nitrogen and oxygen atoms in total. The van der Waals surface area contributed by atoms with Crippen molar-refractivity contribution in [3.63, 3.8) is 0 Å². The van der Waals surface area contributed by atoms with Crippen molar-refractivity contribution < 1.29 is 9.90 Å². The van der Waals surface area contributed by atoms with Crippen molar-refractivity contribution >= 4 is 22.5 Å². The zero-order chi connectivity index (χ0) is 15.5. The first-order chi connectivity index (χ1) is 10.7. The number of carbonyl (C=O) groups excluding carboxylic acids is 1. The van der Waals surface area contributed by atoms with Gasteiger partial charge in [0.1, 0.15) is 0 Å². The van der Waals surface area contributed by atoms with Gasteiger partial charge in [0.25, 0.3) is 5.91 Å². The summed E-state index contributed by atoms with van der Waals surface area (Å²) in [5, 5.41) is 19.0. The molecule has 1 aromatic carbocycles. The van der Waals surface area contributed by atoms with Gasteiger partial charge in [-0.25, -0.2) is 0 Å². The molecule has 0 aliphatic heterocycles. The Morgan fingerprint density at radius 1 is 1.36 bits per heavy atom. The van der Waals surface area contributed by atoms with E-state index in [1.165, 1.54) is 0 Å². The average Bonchev–Trinajstić information content (AvgIpc) is 3.14. The van der Waals surface area contributed by atoms with E-state index in [1.54, 1.807) is 10.6 Å². The van der Waals surface area contributed by atoms with Crippen LogP contribution in [0.5, 0.6) is 5.88 Å². The Morgan fingerprint density at radius 2 is 2.18 bits per heavy atom. The van der Waals surface area contributed by atoms with Gasteiger partial charge in [0.2, 0.25) is 5.88 Å². The standard InChI is InChI=1S/C17H17N3O2/c1-2-11-20-14-10-6-5-9-13(14)15(17(20)22)18-19-16(21)12-7-3-4-8-12/h3-7,9-10,22H,2,8,11H2,1H3. The van der Waals surface area contributed by atoms with Crippen LogP contribution in [0.2, 0.25) is 0 Å². The van der Waals surface area contributed by atoms with Gasteiger partial charge >= 0.3 is 0 Å². The molecule has 0 saturated carbocycles. The van der Waals surface area contributed by atoms with Crippen molar-refractivity contribution in [2.45, 2.75) is 26.3 Å². The number of carbonyl (C=O) groups is 1. The summed E-state index contributed by atoms with van der Waals surface area (Å²) in [6, 6.07) is 7.59. The molecule has 5 heteroatoms. The second-order valence-corrected chi connectivity index (χ2v) is 5.17. The second-order valence-electron chi connectivity index (χ2n) is 5.17. The van der Waals surface area contributed by atoms with E-state index in [2.05, 4.69) is 10.2 Å². The van der Waals surface area contributed by atoms with Crippen molar-refractivity contribution in [1.29, 1.82) is 0 Å². The fourth-order valence-corrected chi connectivity index (χ4v) is 2.59. The van der Waals surface area contributed by atoms with Crippen LogP contribution >= 0.6 is 0 Å². The molecule has 0 bridgehead atoms. The van der Waals surface area contributed by atoms with Crippen LogP contribution in [0.15, 0.2) is 58.3 Å². The third kappa shape index (κ3) is 2.45. The molecule has 3 rings (SSSR count). The highest BCUT2D eigenvalue weighted by atomic mass is 16.3. The van der Waals surface area contributed by atoms with E-state index in [9.17, 15) is 9.90 Å².